The second-order valence-corrected chi connectivity index (χ2v) is 7.30. The number of hydrogen-bond acceptors (Lipinski definition) is 5. The fourth-order valence-electron chi connectivity index (χ4n) is 3.06. The number of amides is 1. The van der Waals surface area contributed by atoms with Crippen LogP contribution in [0, 0.1) is 5.82 Å². The first-order chi connectivity index (χ1) is 12.2. The Hall–Kier alpha value is -2.09. The summed E-state index contributed by atoms with van der Waals surface area (Å²) in [5.41, 5.74) is 0.613. The SMILES string of the molecule is O=C(CSc1nncn1C1CC1)N1CCN(c2ccccc2F)CC1. The van der Waals surface area contributed by atoms with Crippen LogP contribution < -0.4 is 4.90 Å². The number of carbonyl (C=O) groups is 1. The van der Waals surface area contributed by atoms with Gasteiger partial charge in [-0.05, 0) is 25.0 Å². The number of hydrogen-bond donors (Lipinski definition) is 0. The number of piperazine rings is 1. The molecule has 1 aliphatic heterocycles. The van der Waals surface area contributed by atoms with Crippen molar-refractivity contribution in [3.63, 3.8) is 0 Å². The molecule has 2 aliphatic rings. The number of carbonyl (C=O) groups excluding carboxylic acids is 1. The number of anilines is 1. The van der Waals surface area contributed by atoms with E-state index >= 15 is 0 Å². The van der Waals surface area contributed by atoms with E-state index in [2.05, 4.69) is 14.8 Å². The maximum Gasteiger partial charge on any atom is 0.233 e. The zero-order valence-corrected chi connectivity index (χ0v) is 14.7. The topological polar surface area (TPSA) is 54.3 Å². The van der Waals surface area contributed by atoms with Crippen molar-refractivity contribution in [1.82, 2.24) is 19.7 Å². The van der Waals surface area contributed by atoms with Gasteiger partial charge in [0.15, 0.2) is 5.16 Å². The molecule has 1 saturated heterocycles. The molecule has 1 aromatic heterocycles. The molecular formula is C17H20FN5OS. The maximum atomic E-state index is 13.9. The number of para-hydroxylation sites is 1. The first kappa shape index (κ1) is 16.4. The average molecular weight is 361 g/mol. The van der Waals surface area contributed by atoms with Gasteiger partial charge in [0.25, 0.3) is 0 Å². The Morgan fingerprint density at radius 1 is 1.20 bits per heavy atom. The second-order valence-electron chi connectivity index (χ2n) is 6.36. The summed E-state index contributed by atoms with van der Waals surface area (Å²) in [4.78, 5) is 16.3. The van der Waals surface area contributed by atoms with Gasteiger partial charge in [-0.25, -0.2) is 4.39 Å². The Balaban J connectivity index is 1.29. The van der Waals surface area contributed by atoms with Crippen LogP contribution in [-0.4, -0.2) is 57.5 Å². The molecular weight excluding hydrogens is 341 g/mol. The van der Waals surface area contributed by atoms with Crippen LogP contribution in [0.5, 0.6) is 0 Å². The van der Waals surface area contributed by atoms with Crippen LogP contribution in [-0.2, 0) is 4.79 Å². The second kappa shape index (κ2) is 7.03. The van der Waals surface area contributed by atoms with Crippen LogP contribution in [0.3, 0.4) is 0 Å². The van der Waals surface area contributed by atoms with E-state index < -0.39 is 0 Å². The van der Waals surface area contributed by atoms with E-state index in [4.69, 9.17) is 0 Å². The third-order valence-corrected chi connectivity index (χ3v) is 5.57. The summed E-state index contributed by atoms with van der Waals surface area (Å²) in [6.07, 6.45) is 4.08. The molecule has 6 nitrogen and oxygen atoms in total. The summed E-state index contributed by atoms with van der Waals surface area (Å²) in [6.45, 7) is 2.53. The molecule has 0 bridgehead atoms. The van der Waals surface area contributed by atoms with Crippen molar-refractivity contribution in [1.29, 1.82) is 0 Å². The Kier molecular flexibility index (Phi) is 4.61. The van der Waals surface area contributed by atoms with Gasteiger partial charge in [-0.1, -0.05) is 23.9 Å². The highest BCUT2D eigenvalue weighted by Gasteiger charge is 2.27. The standard InChI is InChI=1S/C17H20FN5OS/c18-14-3-1-2-4-15(14)21-7-9-22(10-8-21)16(24)11-25-17-20-19-12-23(17)13-5-6-13/h1-4,12-13H,5-11H2. The Morgan fingerprint density at radius 2 is 1.96 bits per heavy atom. The first-order valence-electron chi connectivity index (χ1n) is 8.52. The molecule has 0 unspecified atom stereocenters. The third kappa shape index (κ3) is 3.63. The third-order valence-electron chi connectivity index (χ3n) is 4.63. The Bertz CT molecular complexity index is 755. The van der Waals surface area contributed by atoms with Gasteiger partial charge in [0.05, 0.1) is 11.4 Å². The lowest BCUT2D eigenvalue weighted by Gasteiger charge is -2.36. The van der Waals surface area contributed by atoms with Gasteiger partial charge < -0.3 is 14.4 Å². The minimum Gasteiger partial charge on any atom is -0.366 e. The van der Waals surface area contributed by atoms with Gasteiger partial charge in [0, 0.05) is 32.2 Å². The highest BCUT2D eigenvalue weighted by Crippen LogP contribution is 2.37. The van der Waals surface area contributed by atoms with Crippen LogP contribution in [0.1, 0.15) is 18.9 Å². The van der Waals surface area contributed by atoms with Gasteiger partial charge in [-0.2, -0.15) is 0 Å². The van der Waals surface area contributed by atoms with E-state index in [1.165, 1.54) is 17.8 Å². The minimum atomic E-state index is -0.211. The number of rotatable bonds is 5. The van der Waals surface area contributed by atoms with Crippen LogP contribution in [0.15, 0.2) is 35.7 Å². The van der Waals surface area contributed by atoms with E-state index in [9.17, 15) is 9.18 Å². The zero-order valence-electron chi connectivity index (χ0n) is 13.8. The minimum absolute atomic E-state index is 0.100. The van der Waals surface area contributed by atoms with Crippen LogP contribution in [0.4, 0.5) is 10.1 Å². The molecule has 1 aromatic carbocycles. The Labute approximate surface area is 150 Å². The lowest BCUT2D eigenvalue weighted by atomic mass is 10.2. The molecule has 25 heavy (non-hydrogen) atoms. The van der Waals surface area contributed by atoms with Gasteiger partial charge in [-0.3, -0.25) is 4.79 Å². The molecule has 8 heteroatoms. The largest absolute Gasteiger partial charge is 0.366 e. The molecule has 1 amide bonds. The lowest BCUT2D eigenvalue weighted by molar-refractivity contribution is -0.128. The van der Waals surface area contributed by atoms with E-state index in [0.29, 0.717) is 43.7 Å². The summed E-state index contributed by atoms with van der Waals surface area (Å²) in [5.74, 6) is 0.256. The van der Waals surface area contributed by atoms with E-state index in [1.54, 1.807) is 18.5 Å². The summed E-state index contributed by atoms with van der Waals surface area (Å²) in [7, 11) is 0. The lowest BCUT2D eigenvalue weighted by Crippen LogP contribution is -2.49. The van der Waals surface area contributed by atoms with Gasteiger partial charge in [-0.15, -0.1) is 10.2 Å². The van der Waals surface area contributed by atoms with Crippen molar-refractivity contribution in [3.05, 3.63) is 36.4 Å². The van der Waals surface area contributed by atoms with Crippen LogP contribution in [0.2, 0.25) is 0 Å². The van der Waals surface area contributed by atoms with E-state index in [-0.39, 0.29) is 11.7 Å². The van der Waals surface area contributed by atoms with E-state index in [1.807, 2.05) is 15.9 Å². The van der Waals surface area contributed by atoms with Crippen molar-refractivity contribution < 1.29 is 9.18 Å². The first-order valence-corrected chi connectivity index (χ1v) is 9.50. The summed E-state index contributed by atoms with van der Waals surface area (Å²) >= 11 is 1.45. The molecule has 1 aliphatic carbocycles. The molecule has 2 fully saturated rings. The van der Waals surface area contributed by atoms with Gasteiger partial charge in [0.1, 0.15) is 12.1 Å². The number of aromatic nitrogens is 3. The van der Waals surface area contributed by atoms with Crippen LogP contribution >= 0.6 is 11.8 Å². The fourth-order valence-corrected chi connectivity index (χ4v) is 3.95. The van der Waals surface area contributed by atoms with Crippen LogP contribution in [0.25, 0.3) is 0 Å². The van der Waals surface area contributed by atoms with E-state index in [0.717, 1.165) is 18.0 Å². The highest BCUT2D eigenvalue weighted by molar-refractivity contribution is 7.99. The Morgan fingerprint density at radius 3 is 2.68 bits per heavy atom. The summed E-state index contributed by atoms with van der Waals surface area (Å²) in [6, 6.07) is 7.29. The number of halogens is 1. The average Bonchev–Trinajstić information content (AvgIpc) is 3.38. The smallest absolute Gasteiger partial charge is 0.233 e. The molecule has 0 atom stereocenters. The van der Waals surface area contributed by atoms with Crippen molar-refractivity contribution in [3.8, 4) is 0 Å². The van der Waals surface area contributed by atoms with Crippen molar-refractivity contribution in [2.75, 3.05) is 36.8 Å². The van der Waals surface area contributed by atoms with Gasteiger partial charge in [0.2, 0.25) is 5.91 Å². The van der Waals surface area contributed by atoms with Crippen molar-refractivity contribution in [2.24, 2.45) is 0 Å². The zero-order chi connectivity index (χ0) is 17.2. The van der Waals surface area contributed by atoms with Crippen molar-refractivity contribution >= 4 is 23.4 Å². The van der Waals surface area contributed by atoms with Gasteiger partial charge >= 0.3 is 0 Å². The number of benzene rings is 1. The number of nitrogens with zero attached hydrogens (tertiary/aromatic N) is 5. The molecule has 0 spiro atoms. The predicted molar refractivity (Wildman–Crippen MR) is 94.2 cm³/mol. The fraction of sp³-hybridized carbons (Fsp3) is 0.471. The summed E-state index contributed by atoms with van der Waals surface area (Å²) < 4.78 is 15.9. The maximum absolute atomic E-state index is 13.9. The molecule has 2 aromatic rings. The quantitative estimate of drug-likeness (QED) is 0.764. The number of thioether (sulfide) groups is 1. The monoisotopic (exact) mass is 361 g/mol. The molecule has 2 heterocycles. The molecule has 132 valence electrons. The molecule has 1 saturated carbocycles. The normalized spacial score (nSPS) is 17.8. The van der Waals surface area contributed by atoms with Crippen molar-refractivity contribution in [2.45, 2.75) is 24.0 Å². The highest BCUT2D eigenvalue weighted by atomic mass is 32.2. The summed E-state index contributed by atoms with van der Waals surface area (Å²) in [5, 5.41) is 8.88. The predicted octanol–water partition coefficient (Wildman–Crippen LogP) is 2.19. The molecule has 0 N–H and O–H groups in total. The molecule has 0 radical (unpaired) electrons. The molecule has 4 rings (SSSR count).